The SMILES string of the molecule is C#CCN(CCC)S(=O)(=O)N1CCC(CNCCC)CC1. The molecule has 0 unspecified atom stereocenters. The van der Waals surface area contributed by atoms with Gasteiger partial charge in [0.15, 0.2) is 0 Å². The van der Waals surface area contributed by atoms with Crippen molar-refractivity contribution in [2.75, 3.05) is 39.3 Å². The van der Waals surface area contributed by atoms with Crippen molar-refractivity contribution in [2.45, 2.75) is 39.5 Å². The molecule has 0 aromatic heterocycles. The standard InChI is InChI=1S/C15H29N3O2S/c1-4-9-16-14-15-7-12-18(13-8-15)21(19,20)17(10-5-2)11-6-3/h2,15-16H,4,6-14H2,1,3H3. The Hall–Kier alpha value is -0.610. The Morgan fingerprint density at radius 3 is 2.48 bits per heavy atom. The van der Waals surface area contributed by atoms with Crippen LogP contribution in [0.1, 0.15) is 39.5 Å². The van der Waals surface area contributed by atoms with Crippen molar-refractivity contribution in [3.05, 3.63) is 0 Å². The van der Waals surface area contributed by atoms with E-state index >= 15 is 0 Å². The fourth-order valence-corrected chi connectivity index (χ4v) is 4.27. The minimum Gasteiger partial charge on any atom is -0.316 e. The third-order valence-corrected chi connectivity index (χ3v) is 5.81. The topological polar surface area (TPSA) is 52.7 Å². The second-order valence-corrected chi connectivity index (χ2v) is 7.52. The first-order chi connectivity index (χ1) is 10.1. The second kappa shape index (κ2) is 9.42. The fraction of sp³-hybridized carbons (Fsp3) is 0.867. The van der Waals surface area contributed by atoms with Crippen LogP contribution in [0.25, 0.3) is 0 Å². The van der Waals surface area contributed by atoms with Gasteiger partial charge >= 0.3 is 0 Å². The van der Waals surface area contributed by atoms with Gasteiger partial charge in [0, 0.05) is 19.6 Å². The maximum absolute atomic E-state index is 12.6. The molecule has 0 atom stereocenters. The van der Waals surface area contributed by atoms with E-state index in [9.17, 15) is 8.42 Å². The maximum atomic E-state index is 12.6. The van der Waals surface area contributed by atoms with Crippen LogP contribution in [-0.4, -0.2) is 56.3 Å². The fourth-order valence-electron chi connectivity index (χ4n) is 2.62. The van der Waals surface area contributed by atoms with Crippen molar-refractivity contribution in [1.29, 1.82) is 0 Å². The van der Waals surface area contributed by atoms with Crippen LogP contribution in [0.3, 0.4) is 0 Å². The third-order valence-electron chi connectivity index (χ3n) is 3.83. The van der Waals surface area contributed by atoms with Crippen LogP contribution in [0.5, 0.6) is 0 Å². The van der Waals surface area contributed by atoms with Crippen LogP contribution in [0.4, 0.5) is 0 Å². The number of hydrogen-bond donors (Lipinski definition) is 1. The van der Waals surface area contributed by atoms with E-state index in [-0.39, 0.29) is 6.54 Å². The number of hydrogen-bond acceptors (Lipinski definition) is 3. The van der Waals surface area contributed by atoms with Crippen molar-refractivity contribution in [2.24, 2.45) is 5.92 Å². The summed E-state index contributed by atoms with van der Waals surface area (Å²) in [6.07, 6.45) is 9.04. The van der Waals surface area contributed by atoms with Crippen molar-refractivity contribution in [3.8, 4) is 12.3 Å². The quantitative estimate of drug-likeness (QED) is 0.515. The predicted molar refractivity (Wildman–Crippen MR) is 87.1 cm³/mol. The van der Waals surface area contributed by atoms with E-state index in [0.717, 1.165) is 38.8 Å². The molecule has 1 aliphatic rings. The summed E-state index contributed by atoms with van der Waals surface area (Å²) in [4.78, 5) is 0. The molecule has 6 heteroatoms. The molecule has 0 aliphatic carbocycles. The first kappa shape index (κ1) is 18.4. The molecule has 0 aromatic rings. The average molecular weight is 315 g/mol. The smallest absolute Gasteiger partial charge is 0.282 e. The lowest BCUT2D eigenvalue weighted by Crippen LogP contribution is -2.48. The van der Waals surface area contributed by atoms with Gasteiger partial charge in [-0.3, -0.25) is 0 Å². The van der Waals surface area contributed by atoms with E-state index in [1.807, 2.05) is 6.92 Å². The Labute approximate surface area is 130 Å². The molecule has 0 spiro atoms. The van der Waals surface area contributed by atoms with Gasteiger partial charge in [-0.1, -0.05) is 19.8 Å². The summed E-state index contributed by atoms with van der Waals surface area (Å²) in [5.74, 6) is 3.03. The molecular formula is C15H29N3O2S. The number of nitrogens with one attached hydrogen (secondary N) is 1. The first-order valence-electron chi connectivity index (χ1n) is 7.95. The Kier molecular flexibility index (Phi) is 8.27. The molecule has 21 heavy (non-hydrogen) atoms. The maximum Gasteiger partial charge on any atom is 0.282 e. The van der Waals surface area contributed by atoms with Gasteiger partial charge in [-0.05, 0) is 44.7 Å². The zero-order chi connectivity index (χ0) is 15.7. The zero-order valence-electron chi connectivity index (χ0n) is 13.3. The van der Waals surface area contributed by atoms with Gasteiger partial charge in [0.05, 0.1) is 6.54 Å². The van der Waals surface area contributed by atoms with Gasteiger partial charge in [-0.25, -0.2) is 0 Å². The molecular weight excluding hydrogens is 286 g/mol. The highest BCUT2D eigenvalue weighted by molar-refractivity contribution is 7.86. The Morgan fingerprint density at radius 2 is 1.95 bits per heavy atom. The highest BCUT2D eigenvalue weighted by Gasteiger charge is 2.31. The second-order valence-electron chi connectivity index (χ2n) is 5.59. The van der Waals surface area contributed by atoms with E-state index in [1.165, 1.54) is 4.31 Å². The van der Waals surface area contributed by atoms with Crippen LogP contribution in [0.2, 0.25) is 0 Å². The van der Waals surface area contributed by atoms with Gasteiger partial charge in [0.1, 0.15) is 0 Å². The molecule has 0 aromatic carbocycles. The molecule has 1 N–H and O–H groups in total. The van der Waals surface area contributed by atoms with Crippen LogP contribution in [-0.2, 0) is 10.2 Å². The van der Waals surface area contributed by atoms with E-state index in [4.69, 9.17) is 6.42 Å². The summed E-state index contributed by atoms with van der Waals surface area (Å²) in [5, 5.41) is 3.42. The summed E-state index contributed by atoms with van der Waals surface area (Å²) in [6, 6.07) is 0. The normalized spacial score (nSPS) is 18.0. The highest BCUT2D eigenvalue weighted by atomic mass is 32.2. The summed E-state index contributed by atoms with van der Waals surface area (Å²) >= 11 is 0. The molecule has 0 radical (unpaired) electrons. The molecule has 1 rings (SSSR count). The minimum atomic E-state index is -3.39. The van der Waals surface area contributed by atoms with E-state index in [2.05, 4.69) is 18.2 Å². The van der Waals surface area contributed by atoms with E-state index in [1.54, 1.807) is 4.31 Å². The number of piperidine rings is 1. The Balaban J connectivity index is 2.53. The molecule has 0 saturated carbocycles. The highest BCUT2D eigenvalue weighted by Crippen LogP contribution is 2.21. The largest absolute Gasteiger partial charge is 0.316 e. The van der Waals surface area contributed by atoms with Gasteiger partial charge in [0.25, 0.3) is 10.2 Å². The van der Waals surface area contributed by atoms with Crippen LogP contribution >= 0.6 is 0 Å². The lowest BCUT2D eigenvalue weighted by molar-refractivity contribution is 0.252. The summed E-state index contributed by atoms with van der Waals surface area (Å²) in [6.45, 7) is 7.99. The van der Waals surface area contributed by atoms with Gasteiger partial charge in [-0.2, -0.15) is 17.0 Å². The molecule has 0 amide bonds. The summed E-state index contributed by atoms with van der Waals surface area (Å²) in [5.41, 5.74) is 0. The summed E-state index contributed by atoms with van der Waals surface area (Å²) in [7, 11) is -3.39. The predicted octanol–water partition coefficient (Wildman–Crippen LogP) is 1.29. The van der Waals surface area contributed by atoms with Gasteiger partial charge < -0.3 is 5.32 Å². The molecule has 5 nitrogen and oxygen atoms in total. The van der Waals surface area contributed by atoms with Crippen LogP contribution in [0, 0.1) is 18.3 Å². The van der Waals surface area contributed by atoms with E-state index in [0.29, 0.717) is 25.6 Å². The third kappa shape index (κ3) is 5.59. The zero-order valence-corrected chi connectivity index (χ0v) is 14.2. The van der Waals surface area contributed by atoms with Crippen molar-refractivity contribution < 1.29 is 8.42 Å². The Bertz CT molecular complexity index is 423. The monoisotopic (exact) mass is 315 g/mol. The molecule has 1 fully saturated rings. The first-order valence-corrected chi connectivity index (χ1v) is 9.35. The molecule has 122 valence electrons. The van der Waals surface area contributed by atoms with Crippen molar-refractivity contribution >= 4 is 10.2 Å². The minimum absolute atomic E-state index is 0.161. The van der Waals surface area contributed by atoms with E-state index < -0.39 is 10.2 Å². The summed E-state index contributed by atoms with van der Waals surface area (Å²) < 4.78 is 28.2. The number of terminal acetylenes is 1. The van der Waals surface area contributed by atoms with Gasteiger partial charge in [-0.15, -0.1) is 6.42 Å². The lowest BCUT2D eigenvalue weighted by Gasteiger charge is -2.34. The molecule has 1 aliphatic heterocycles. The molecule has 1 heterocycles. The van der Waals surface area contributed by atoms with Crippen molar-refractivity contribution in [3.63, 3.8) is 0 Å². The number of nitrogens with zero attached hydrogens (tertiary/aromatic N) is 2. The number of rotatable bonds is 9. The lowest BCUT2D eigenvalue weighted by atomic mass is 9.98. The van der Waals surface area contributed by atoms with Crippen LogP contribution in [0.15, 0.2) is 0 Å². The van der Waals surface area contributed by atoms with Gasteiger partial charge in [0.2, 0.25) is 0 Å². The van der Waals surface area contributed by atoms with Crippen LogP contribution < -0.4 is 5.32 Å². The molecule has 0 bridgehead atoms. The molecule has 1 saturated heterocycles. The Morgan fingerprint density at radius 1 is 1.29 bits per heavy atom. The van der Waals surface area contributed by atoms with Crippen molar-refractivity contribution in [1.82, 2.24) is 13.9 Å². The average Bonchev–Trinajstić information content (AvgIpc) is 2.48.